The molecule has 1 saturated heterocycles. The second kappa shape index (κ2) is 7.06. The number of nitrogens with zero attached hydrogens (tertiary/aromatic N) is 1. The van der Waals surface area contributed by atoms with Crippen LogP contribution in [0, 0.1) is 0 Å². The standard InChI is InChI=1S/C18H20N2O2S/c1-19-13-8-10-20(11-9-13)18(22)15-6-3-2-5-14(15)17(21)16-7-4-12-23-16/h2-7,12-13,19H,8-11H2,1H3. The lowest BCUT2D eigenvalue weighted by Crippen LogP contribution is -2.44. The number of nitrogens with one attached hydrogen (secondary N) is 1. The van der Waals surface area contributed by atoms with Gasteiger partial charge in [0.15, 0.2) is 0 Å². The number of piperidine rings is 1. The van der Waals surface area contributed by atoms with E-state index in [0.717, 1.165) is 25.9 Å². The van der Waals surface area contributed by atoms with E-state index in [1.54, 1.807) is 18.2 Å². The van der Waals surface area contributed by atoms with Crippen molar-refractivity contribution in [3.8, 4) is 0 Å². The van der Waals surface area contributed by atoms with Crippen LogP contribution in [0.3, 0.4) is 0 Å². The molecule has 120 valence electrons. The van der Waals surface area contributed by atoms with E-state index in [9.17, 15) is 9.59 Å². The van der Waals surface area contributed by atoms with Crippen molar-refractivity contribution in [3.05, 3.63) is 57.8 Å². The molecular weight excluding hydrogens is 308 g/mol. The normalized spacial score (nSPS) is 15.6. The molecule has 23 heavy (non-hydrogen) atoms. The second-order valence-corrected chi connectivity index (χ2v) is 6.65. The zero-order valence-corrected chi connectivity index (χ0v) is 13.9. The molecule has 1 amide bonds. The minimum Gasteiger partial charge on any atom is -0.339 e. The first kappa shape index (κ1) is 15.9. The van der Waals surface area contributed by atoms with Crippen molar-refractivity contribution >= 4 is 23.0 Å². The molecule has 4 nitrogen and oxygen atoms in total. The first-order valence-electron chi connectivity index (χ1n) is 7.84. The van der Waals surface area contributed by atoms with Gasteiger partial charge in [-0.3, -0.25) is 9.59 Å². The molecule has 1 aromatic heterocycles. The predicted octanol–water partition coefficient (Wildman–Crippen LogP) is 2.80. The van der Waals surface area contributed by atoms with Gasteiger partial charge in [-0.15, -0.1) is 11.3 Å². The van der Waals surface area contributed by atoms with Gasteiger partial charge in [-0.25, -0.2) is 0 Å². The summed E-state index contributed by atoms with van der Waals surface area (Å²) in [6, 6.07) is 11.3. The number of benzene rings is 1. The molecule has 1 aliphatic rings. The van der Waals surface area contributed by atoms with E-state index in [2.05, 4.69) is 5.32 Å². The van der Waals surface area contributed by atoms with Gasteiger partial charge in [-0.05, 0) is 37.4 Å². The average molecular weight is 328 g/mol. The number of likely N-dealkylation sites (tertiary alicyclic amines) is 1. The Morgan fingerprint density at radius 3 is 2.39 bits per heavy atom. The second-order valence-electron chi connectivity index (χ2n) is 5.71. The van der Waals surface area contributed by atoms with E-state index >= 15 is 0 Å². The third-order valence-electron chi connectivity index (χ3n) is 4.34. The molecule has 0 saturated carbocycles. The lowest BCUT2D eigenvalue weighted by molar-refractivity contribution is 0.0703. The number of carbonyl (C=O) groups excluding carboxylic acids is 2. The Kier molecular flexibility index (Phi) is 4.88. The van der Waals surface area contributed by atoms with Crippen molar-refractivity contribution in [2.24, 2.45) is 0 Å². The third kappa shape index (κ3) is 3.35. The van der Waals surface area contributed by atoms with Gasteiger partial charge in [-0.1, -0.05) is 24.3 Å². The van der Waals surface area contributed by atoms with E-state index in [0.29, 0.717) is 22.0 Å². The zero-order chi connectivity index (χ0) is 16.2. The topological polar surface area (TPSA) is 49.4 Å². The summed E-state index contributed by atoms with van der Waals surface area (Å²) in [7, 11) is 1.96. The molecule has 1 aliphatic heterocycles. The Labute approximate surface area is 140 Å². The van der Waals surface area contributed by atoms with Crippen LogP contribution >= 0.6 is 11.3 Å². The quantitative estimate of drug-likeness (QED) is 0.878. The van der Waals surface area contributed by atoms with Gasteiger partial charge in [0, 0.05) is 24.7 Å². The van der Waals surface area contributed by atoms with Crippen LogP contribution in [0.5, 0.6) is 0 Å². The van der Waals surface area contributed by atoms with Crippen LogP contribution in [0.4, 0.5) is 0 Å². The Hall–Kier alpha value is -1.98. The average Bonchev–Trinajstić information content (AvgIpc) is 3.15. The molecule has 0 radical (unpaired) electrons. The number of carbonyl (C=O) groups is 2. The highest BCUT2D eigenvalue weighted by atomic mass is 32.1. The maximum absolute atomic E-state index is 12.8. The number of ketones is 1. The summed E-state index contributed by atoms with van der Waals surface area (Å²) < 4.78 is 0. The number of hydrogen-bond donors (Lipinski definition) is 1. The summed E-state index contributed by atoms with van der Waals surface area (Å²) in [5, 5.41) is 5.14. The summed E-state index contributed by atoms with van der Waals surface area (Å²) in [6.45, 7) is 1.46. The maximum Gasteiger partial charge on any atom is 0.254 e. The van der Waals surface area contributed by atoms with E-state index in [-0.39, 0.29) is 11.7 Å². The molecule has 0 spiro atoms. The van der Waals surface area contributed by atoms with Crippen LogP contribution < -0.4 is 5.32 Å². The highest BCUT2D eigenvalue weighted by Gasteiger charge is 2.26. The molecule has 0 atom stereocenters. The van der Waals surface area contributed by atoms with Crippen LogP contribution in [-0.4, -0.2) is 42.8 Å². The molecule has 1 N–H and O–H groups in total. The van der Waals surface area contributed by atoms with Crippen molar-refractivity contribution in [2.45, 2.75) is 18.9 Å². The first-order chi connectivity index (χ1) is 11.2. The van der Waals surface area contributed by atoms with Crippen LogP contribution in [0.2, 0.25) is 0 Å². The Morgan fingerprint density at radius 1 is 1.09 bits per heavy atom. The van der Waals surface area contributed by atoms with Crippen LogP contribution in [-0.2, 0) is 0 Å². The number of thiophene rings is 1. The summed E-state index contributed by atoms with van der Waals surface area (Å²) in [5.74, 6) is -0.117. The molecular formula is C18H20N2O2S. The zero-order valence-electron chi connectivity index (χ0n) is 13.1. The molecule has 0 bridgehead atoms. The fourth-order valence-electron chi connectivity index (χ4n) is 2.95. The van der Waals surface area contributed by atoms with Crippen molar-refractivity contribution in [3.63, 3.8) is 0 Å². The third-order valence-corrected chi connectivity index (χ3v) is 5.21. The molecule has 5 heteroatoms. The fraction of sp³-hybridized carbons (Fsp3) is 0.333. The summed E-state index contributed by atoms with van der Waals surface area (Å²) in [4.78, 5) is 28.0. The summed E-state index contributed by atoms with van der Waals surface area (Å²) >= 11 is 1.40. The van der Waals surface area contributed by atoms with Crippen molar-refractivity contribution in [1.29, 1.82) is 0 Å². The molecule has 1 fully saturated rings. The van der Waals surface area contributed by atoms with E-state index in [1.807, 2.05) is 35.5 Å². The molecule has 0 aliphatic carbocycles. The van der Waals surface area contributed by atoms with Gasteiger partial charge in [0.1, 0.15) is 0 Å². The number of amides is 1. The molecule has 3 rings (SSSR count). The first-order valence-corrected chi connectivity index (χ1v) is 8.72. The van der Waals surface area contributed by atoms with Gasteiger partial charge < -0.3 is 10.2 Å². The highest BCUT2D eigenvalue weighted by molar-refractivity contribution is 7.12. The highest BCUT2D eigenvalue weighted by Crippen LogP contribution is 2.21. The molecule has 0 unspecified atom stereocenters. The molecule has 2 heterocycles. The fourth-order valence-corrected chi connectivity index (χ4v) is 3.63. The van der Waals surface area contributed by atoms with Gasteiger partial charge in [0.25, 0.3) is 5.91 Å². The van der Waals surface area contributed by atoms with Gasteiger partial charge in [0.2, 0.25) is 5.78 Å². The minimum absolute atomic E-state index is 0.0416. The van der Waals surface area contributed by atoms with Gasteiger partial charge >= 0.3 is 0 Å². The van der Waals surface area contributed by atoms with Crippen molar-refractivity contribution < 1.29 is 9.59 Å². The van der Waals surface area contributed by atoms with E-state index in [4.69, 9.17) is 0 Å². The largest absolute Gasteiger partial charge is 0.339 e. The summed E-state index contributed by atoms with van der Waals surface area (Å²) in [6.07, 6.45) is 1.90. The molecule has 1 aromatic carbocycles. The Morgan fingerprint density at radius 2 is 1.78 bits per heavy atom. The Balaban J connectivity index is 1.83. The van der Waals surface area contributed by atoms with E-state index in [1.165, 1.54) is 11.3 Å². The van der Waals surface area contributed by atoms with Gasteiger partial charge in [0.05, 0.1) is 10.4 Å². The van der Waals surface area contributed by atoms with Crippen molar-refractivity contribution in [2.75, 3.05) is 20.1 Å². The van der Waals surface area contributed by atoms with E-state index < -0.39 is 0 Å². The lowest BCUT2D eigenvalue weighted by Gasteiger charge is -2.32. The Bertz CT molecular complexity index is 689. The maximum atomic E-state index is 12.8. The minimum atomic E-state index is -0.0749. The number of rotatable bonds is 4. The smallest absolute Gasteiger partial charge is 0.254 e. The van der Waals surface area contributed by atoms with Gasteiger partial charge in [-0.2, -0.15) is 0 Å². The SMILES string of the molecule is CNC1CCN(C(=O)c2ccccc2C(=O)c2cccs2)CC1. The predicted molar refractivity (Wildman–Crippen MR) is 92.2 cm³/mol. The monoisotopic (exact) mass is 328 g/mol. The molecule has 2 aromatic rings. The lowest BCUT2D eigenvalue weighted by atomic mass is 9.99. The van der Waals surface area contributed by atoms with Crippen LogP contribution in [0.15, 0.2) is 41.8 Å². The van der Waals surface area contributed by atoms with Crippen LogP contribution in [0.1, 0.15) is 38.4 Å². The van der Waals surface area contributed by atoms with Crippen LogP contribution in [0.25, 0.3) is 0 Å². The van der Waals surface area contributed by atoms with Crippen molar-refractivity contribution in [1.82, 2.24) is 10.2 Å². The number of hydrogen-bond acceptors (Lipinski definition) is 4. The summed E-state index contributed by atoms with van der Waals surface area (Å²) in [5.41, 5.74) is 1.00.